The van der Waals surface area contributed by atoms with E-state index in [0.717, 1.165) is 17.5 Å². The first-order valence-electron chi connectivity index (χ1n) is 8.87. The smallest absolute Gasteiger partial charge is 0.698 e. The second-order valence-corrected chi connectivity index (χ2v) is 7.09. The molecule has 0 fully saturated rings. The minimum Gasteiger partial charge on any atom is -0.698 e. The summed E-state index contributed by atoms with van der Waals surface area (Å²) in [6.45, 7) is 12.6. The van der Waals surface area contributed by atoms with Gasteiger partial charge in [-0.25, -0.2) is 0 Å². The number of benzene rings is 2. The molecule has 1 nitrogen and oxygen atoms in total. The molecule has 2 aromatic rings. The normalized spacial score (nSPS) is 12.4. The van der Waals surface area contributed by atoms with E-state index in [0.29, 0.717) is 5.69 Å². The van der Waals surface area contributed by atoms with Crippen molar-refractivity contribution >= 4 is 11.3 Å². The molecule has 0 amide bonds. The van der Waals surface area contributed by atoms with Crippen molar-refractivity contribution in [1.29, 1.82) is 0 Å². The zero-order chi connectivity index (χ0) is 18.6. The molecule has 1 aliphatic rings. The van der Waals surface area contributed by atoms with Crippen LogP contribution in [0.15, 0.2) is 54.1 Å². The fourth-order valence-corrected chi connectivity index (χ4v) is 3.30. The van der Waals surface area contributed by atoms with Gasteiger partial charge in [0.25, 0.3) is 0 Å². The van der Waals surface area contributed by atoms with Crippen LogP contribution in [0.4, 0.5) is 5.69 Å². The van der Waals surface area contributed by atoms with Crippen molar-refractivity contribution in [3.63, 3.8) is 0 Å². The van der Waals surface area contributed by atoms with E-state index in [-0.39, 0.29) is 21.7 Å². The Morgan fingerprint density at radius 2 is 1.50 bits per heavy atom. The molecule has 1 N–H and O–H groups in total. The van der Waals surface area contributed by atoms with E-state index in [1.807, 2.05) is 26.0 Å². The molecule has 0 saturated carbocycles. The van der Waals surface area contributed by atoms with Crippen molar-refractivity contribution in [2.24, 2.45) is 0 Å². The summed E-state index contributed by atoms with van der Waals surface area (Å²) in [6, 6.07) is 12.8. The van der Waals surface area contributed by atoms with Crippen LogP contribution in [0, 0.1) is 26.7 Å². The van der Waals surface area contributed by atoms with Crippen molar-refractivity contribution in [2.45, 2.75) is 48.0 Å². The fourth-order valence-electron chi connectivity index (χ4n) is 3.30. The number of hydrogen-bond acceptors (Lipinski definition) is 0. The maximum Gasteiger partial charge on any atom is 2.00 e. The maximum absolute atomic E-state index is 7.54. The SMILES string of the molecule is CC1=C(c2ccccc2[C-](C)C)CC=C1.Cc1cc(C)c([NH-])c(C)c1.[Ti+2]. The van der Waals surface area contributed by atoms with Gasteiger partial charge < -0.3 is 5.73 Å². The molecule has 0 aromatic heterocycles. The molecule has 0 spiro atoms. The summed E-state index contributed by atoms with van der Waals surface area (Å²) in [6.07, 6.45) is 5.54. The molecule has 0 radical (unpaired) electrons. The Morgan fingerprint density at radius 3 is 2.00 bits per heavy atom. The number of hydrogen-bond donors (Lipinski definition) is 0. The zero-order valence-electron chi connectivity index (χ0n) is 16.8. The summed E-state index contributed by atoms with van der Waals surface area (Å²) >= 11 is 0. The summed E-state index contributed by atoms with van der Waals surface area (Å²) in [4.78, 5) is 0. The van der Waals surface area contributed by atoms with Gasteiger partial charge in [0, 0.05) is 0 Å². The monoisotopic (exact) mass is 379 g/mol. The molecule has 2 aromatic carbocycles. The molecule has 0 saturated heterocycles. The Labute approximate surface area is 174 Å². The fraction of sp³-hybridized carbons (Fsp3) is 0.292. The van der Waals surface area contributed by atoms with Gasteiger partial charge in [-0.2, -0.15) is 17.5 Å². The van der Waals surface area contributed by atoms with Gasteiger partial charge in [0.2, 0.25) is 0 Å². The Hall–Kier alpha value is -1.70. The minimum atomic E-state index is 0. The molecule has 134 valence electrons. The summed E-state index contributed by atoms with van der Waals surface area (Å²) in [5.41, 5.74) is 17.3. The molecule has 0 aliphatic heterocycles. The second kappa shape index (κ2) is 9.85. The first-order valence-corrected chi connectivity index (χ1v) is 8.87. The number of aryl methyl sites for hydroxylation is 3. The van der Waals surface area contributed by atoms with E-state index in [2.05, 4.69) is 64.1 Å². The Morgan fingerprint density at radius 1 is 0.923 bits per heavy atom. The Bertz CT molecular complexity index is 790. The Balaban J connectivity index is 0.000000270. The van der Waals surface area contributed by atoms with Gasteiger partial charge in [-0.1, -0.05) is 72.0 Å². The molecule has 2 heteroatoms. The third-order valence-electron chi connectivity index (χ3n) is 4.63. The quantitative estimate of drug-likeness (QED) is 0.377. The van der Waals surface area contributed by atoms with Crippen LogP contribution in [0.3, 0.4) is 0 Å². The van der Waals surface area contributed by atoms with Gasteiger partial charge in [0.05, 0.1) is 0 Å². The molecule has 3 rings (SSSR count). The molecule has 0 heterocycles. The first-order chi connectivity index (χ1) is 11.8. The van der Waals surface area contributed by atoms with E-state index in [1.54, 1.807) is 0 Å². The third-order valence-corrected chi connectivity index (χ3v) is 4.63. The Kier molecular flexibility index (Phi) is 8.47. The van der Waals surface area contributed by atoms with Crippen LogP contribution in [0.5, 0.6) is 0 Å². The zero-order valence-corrected chi connectivity index (χ0v) is 18.4. The molecule has 0 bridgehead atoms. The topological polar surface area (TPSA) is 23.8 Å². The average Bonchev–Trinajstić information content (AvgIpc) is 2.99. The van der Waals surface area contributed by atoms with Crippen LogP contribution in [0.1, 0.15) is 55.0 Å². The number of rotatable bonds is 2. The predicted molar refractivity (Wildman–Crippen MR) is 111 cm³/mol. The van der Waals surface area contributed by atoms with Crippen LogP contribution in [-0.2, 0) is 21.7 Å². The second-order valence-electron chi connectivity index (χ2n) is 7.09. The van der Waals surface area contributed by atoms with Crippen molar-refractivity contribution in [2.75, 3.05) is 0 Å². The van der Waals surface area contributed by atoms with Crippen molar-refractivity contribution in [1.82, 2.24) is 0 Å². The first kappa shape index (κ1) is 22.3. The minimum absolute atomic E-state index is 0. The predicted octanol–water partition coefficient (Wildman–Crippen LogP) is 7.68. The van der Waals surface area contributed by atoms with Gasteiger partial charge in [-0.05, 0) is 34.1 Å². The maximum atomic E-state index is 7.54. The average molecular weight is 379 g/mol. The molecule has 0 unspecified atom stereocenters. The summed E-state index contributed by atoms with van der Waals surface area (Å²) in [5, 5.41) is 0. The van der Waals surface area contributed by atoms with Crippen LogP contribution < -0.4 is 0 Å². The third kappa shape index (κ3) is 5.40. The van der Waals surface area contributed by atoms with E-state index in [4.69, 9.17) is 5.73 Å². The molecule has 1 aliphatic carbocycles. The van der Waals surface area contributed by atoms with E-state index < -0.39 is 0 Å². The van der Waals surface area contributed by atoms with E-state index in [1.165, 1.54) is 33.8 Å². The van der Waals surface area contributed by atoms with Crippen molar-refractivity contribution in [3.05, 3.63) is 93.6 Å². The standard InChI is InChI=1S/C15H17.C9H12N.Ti/c1-11(2)13-8-4-5-9-15(13)14-10-6-7-12(14)3;1-6-4-7(2)9(10)8(3)5-6;/h4-9H,10H2,1-3H3;4-5,10H,1-3H3;/q2*-1;+2. The van der Waals surface area contributed by atoms with Gasteiger partial charge >= 0.3 is 21.7 Å². The summed E-state index contributed by atoms with van der Waals surface area (Å²) in [5.74, 6) is 1.39. The van der Waals surface area contributed by atoms with Gasteiger partial charge in [0.15, 0.2) is 0 Å². The summed E-state index contributed by atoms with van der Waals surface area (Å²) in [7, 11) is 0. The van der Waals surface area contributed by atoms with E-state index in [9.17, 15) is 0 Å². The molecular formula is C24H29NTi. The van der Waals surface area contributed by atoms with Gasteiger partial charge in [0.1, 0.15) is 0 Å². The number of allylic oxidation sites excluding steroid dienone is 4. The molecule has 26 heavy (non-hydrogen) atoms. The van der Waals surface area contributed by atoms with E-state index >= 15 is 0 Å². The van der Waals surface area contributed by atoms with Crippen LogP contribution in [0.25, 0.3) is 11.3 Å². The van der Waals surface area contributed by atoms with Crippen LogP contribution in [0.2, 0.25) is 0 Å². The van der Waals surface area contributed by atoms with Crippen LogP contribution in [-0.4, -0.2) is 0 Å². The largest absolute Gasteiger partial charge is 2.00 e. The number of nitrogens with one attached hydrogen (secondary N) is 1. The van der Waals surface area contributed by atoms with Gasteiger partial charge in [-0.3, -0.25) is 0 Å². The molecule has 0 atom stereocenters. The van der Waals surface area contributed by atoms with Gasteiger partial charge in [-0.15, -0.1) is 23.4 Å². The van der Waals surface area contributed by atoms with Crippen molar-refractivity contribution < 1.29 is 21.7 Å². The van der Waals surface area contributed by atoms with Crippen molar-refractivity contribution in [3.8, 4) is 0 Å². The molecular weight excluding hydrogens is 350 g/mol. The van der Waals surface area contributed by atoms with Crippen LogP contribution >= 0.6 is 0 Å². The summed E-state index contributed by atoms with van der Waals surface area (Å²) < 4.78 is 0.